The van der Waals surface area contributed by atoms with Gasteiger partial charge >= 0.3 is 5.97 Å². The summed E-state index contributed by atoms with van der Waals surface area (Å²) in [6, 6.07) is 4.67. The van der Waals surface area contributed by atoms with Crippen LogP contribution in [-0.2, 0) is 24.3 Å². The average molecular weight is 327 g/mol. The number of benzene rings is 1. The number of likely N-dealkylation sites (tertiary alicyclic amines) is 1. The number of rotatable bonds is 5. The van der Waals surface area contributed by atoms with Gasteiger partial charge in [0.05, 0.1) is 13.4 Å². The fourth-order valence-electron chi connectivity index (χ4n) is 2.25. The first kappa shape index (κ1) is 16.2. The van der Waals surface area contributed by atoms with Gasteiger partial charge < -0.3 is 15.4 Å². The van der Waals surface area contributed by atoms with Gasteiger partial charge in [-0.15, -0.1) is 0 Å². The summed E-state index contributed by atoms with van der Waals surface area (Å²) < 4.78 is 29.6. The van der Waals surface area contributed by atoms with Crippen molar-refractivity contribution < 1.29 is 22.7 Å². The fraction of sp³-hybridized carbons (Fsp3) is 0.385. The summed E-state index contributed by atoms with van der Waals surface area (Å²) in [5.41, 5.74) is 6.29. The van der Waals surface area contributed by atoms with Crippen molar-refractivity contribution in [2.24, 2.45) is 5.73 Å². The van der Waals surface area contributed by atoms with Gasteiger partial charge in [0.2, 0.25) is 15.9 Å². The van der Waals surface area contributed by atoms with Crippen LogP contribution in [0.15, 0.2) is 24.3 Å². The van der Waals surface area contributed by atoms with Crippen LogP contribution in [0, 0.1) is 0 Å². The predicted molar refractivity (Wildman–Crippen MR) is 79.4 cm³/mol. The average Bonchev–Trinajstić information content (AvgIpc) is 2.44. The van der Waals surface area contributed by atoms with Crippen LogP contribution in [0.1, 0.15) is 11.6 Å². The van der Waals surface area contributed by atoms with Crippen LogP contribution >= 0.6 is 0 Å². The number of nitrogens with one attached hydrogen (secondary N) is 1. The number of ether oxygens (including phenoxy) is 1. The van der Waals surface area contributed by atoms with E-state index in [1.807, 2.05) is 0 Å². The zero-order chi connectivity index (χ0) is 16.5. The molecule has 1 aromatic carbocycles. The standard InChI is InChI=1S/C13H17N3O5S/c1-21-13(18)11(16-7-10(14)12(16)17)8-4-3-5-9(6-8)15-22(2,19)20/h3-6,10-11,15H,7,14H2,1-2H3. The number of sulfonamides is 1. The van der Waals surface area contributed by atoms with E-state index in [0.717, 1.165) is 6.26 Å². The van der Waals surface area contributed by atoms with E-state index in [1.165, 1.54) is 18.1 Å². The fourth-order valence-corrected chi connectivity index (χ4v) is 2.81. The van der Waals surface area contributed by atoms with Crippen LogP contribution < -0.4 is 10.5 Å². The number of hydrogen-bond donors (Lipinski definition) is 2. The summed E-state index contributed by atoms with van der Waals surface area (Å²) in [5.74, 6) is -0.964. The molecule has 0 spiro atoms. The van der Waals surface area contributed by atoms with Gasteiger partial charge in [-0.1, -0.05) is 12.1 Å². The number of methoxy groups -OCH3 is 1. The van der Waals surface area contributed by atoms with Crippen LogP contribution in [0.2, 0.25) is 0 Å². The number of carbonyl (C=O) groups excluding carboxylic acids is 2. The maximum atomic E-state index is 12.0. The predicted octanol–water partition coefficient (Wildman–Crippen LogP) is -0.558. The van der Waals surface area contributed by atoms with E-state index in [2.05, 4.69) is 4.72 Å². The van der Waals surface area contributed by atoms with Crippen molar-refractivity contribution in [2.75, 3.05) is 24.6 Å². The van der Waals surface area contributed by atoms with Crippen LogP contribution in [-0.4, -0.2) is 51.1 Å². The van der Waals surface area contributed by atoms with E-state index in [1.54, 1.807) is 18.2 Å². The molecule has 0 radical (unpaired) electrons. The van der Waals surface area contributed by atoms with Gasteiger partial charge in [-0.05, 0) is 17.7 Å². The van der Waals surface area contributed by atoms with E-state index in [4.69, 9.17) is 10.5 Å². The Balaban J connectivity index is 2.34. The van der Waals surface area contributed by atoms with Crippen molar-refractivity contribution in [3.05, 3.63) is 29.8 Å². The van der Waals surface area contributed by atoms with Crippen molar-refractivity contribution in [2.45, 2.75) is 12.1 Å². The first-order valence-electron chi connectivity index (χ1n) is 6.44. The zero-order valence-corrected chi connectivity index (χ0v) is 13.0. The number of β-lactam (4-membered cyclic amide) rings is 1. The number of hydrogen-bond acceptors (Lipinski definition) is 6. The molecule has 1 fully saturated rings. The lowest BCUT2D eigenvalue weighted by atomic mass is 9.98. The van der Waals surface area contributed by atoms with Gasteiger partial charge in [-0.2, -0.15) is 0 Å². The third kappa shape index (κ3) is 3.37. The highest BCUT2D eigenvalue weighted by Gasteiger charge is 2.42. The molecule has 0 aliphatic carbocycles. The molecule has 22 heavy (non-hydrogen) atoms. The lowest BCUT2D eigenvalue weighted by Crippen LogP contribution is -2.62. The SMILES string of the molecule is COC(=O)C(c1cccc(NS(C)(=O)=O)c1)N1CC(N)C1=O. The number of carbonyl (C=O) groups is 2. The second kappa shape index (κ2) is 5.93. The Morgan fingerprint density at radius 1 is 1.50 bits per heavy atom. The Bertz CT molecular complexity index is 703. The van der Waals surface area contributed by atoms with Crippen molar-refractivity contribution in [3.8, 4) is 0 Å². The second-order valence-electron chi connectivity index (χ2n) is 5.02. The van der Waals surface area contributed by atoms with Gasteiger partial charge in [-0.3, -0.25) is 9.52 Å². The van der Waals surface area contributed by atoms with E-state index < -0.39 is 28.1 Å². The third-order valence-corrected chi connectivity index (χ3v) is 3.84. The van der Waals surface area contributed by atoms with Crippen LogP contribution in [0.3, 0.4) is 0 Å². The summed E-state index contributed by atoms with van der Waals surface area (Å²) in [6.07, 6.45) is 1.02. The maximum absolute atomic E-state index is 12.0. The molecule has 120 valence electrons. The molecule has 0 bridgehead atoms. The minimum atomic E-state index is -3.44. The topological polar surface area (TPSA) is 119 Å². The Morgan fingerprint density at radius 2 is 2.18 bits per heavy atom. The normalized spacial score (nSPS) is 19.3. The van der Waals surface area contributed by atoms with E-state index in [9.17, 15) is 18.0 Å². The Labute approximate surface area is 128 Å². The molecule has 1 heterocycles. The van der Waals surface area contributed by atoms with Crippen molar-refractivity contribution in [3.63, 3.8) is 0 Å². The van der Waals surface area contributed by atoms with Gasteiger partial charge in [-0.25, -0.2) is 13.2 Å². The molecule has 8 nitrogen and oxygen atoms in total. The molecule has 0 aromatic heterocycles. The summed E-state index contributed by atoms with van der Waals surface area (Å²) in [7, 11) is -2.22. The maximum Gasteiger partial charge on any atom is 0.333 e. The first-order valence-corrected chi connectivity index (χ1v) is 8.33. The number of amides is 1. The van der Waals surface area contributed by atoms with Gasteiger partial charge in [0.1, 0.15) is 6.04 Å². The van der Waals surface area contributed by atoms with Crippen molar-refractivity contribution >= 4 is 27.6 Å². The molecular formula is C13H17N3O5S. The van der Waals surface area contributed by atoms with Crippen molar-refractivity contribution in [1.82, 2.24) is 4.90 Å². The molecule has 3 N–H and O–H groups in total. The minimum Gasteiger partial charge on any atom is -0.467 e. The van der Waals surface area contributed by atoms with Crippen molar-refractivity contribution in [1.29, 1.82) is 0 Å². The number of anilines is 1. The molecule has 2 rings (SSSR count). The lowest BCUT2D eigenvalue weighted by molar-refractivity contribution is -0.160. The van der Waals surface area contributed by atoms with Crippen LogP contribution in [0.5, 0.6) is 0 Å². The molecule has 1 saturated heterocycles. The molecule has 1 amide bonds. The molecule has 9 heteroatoms. The van der Waals surface area contributed by atoms with Gasteiger partial charge in [0.15, 0.2) is 6.04 Å². The van der Waals surface area contributed by atoms with E-state index in [-0.39, 0.29) is 12.5 Å². The summed E-state index contributed by atoms with van der Waals surface area (Å²) in [6.45, 7) is 0.238. The second-order valence-corrected chi connectivity index (χ2v) is 6.77. The van der Waals surface area contributed by atoms with Crippen LogP contribution in [0.4, 0.5) is 5.69 Å². The molecule has 0 saturated carbocycles. The quantitative estimate of drug-likeness (QED) is 0.553. The molecule has 1 aliphatic rings. The zero-order valence-electron chi connectivity index (χ0n) is 12.1. The molecule has 2 atom stereocenters. The highest BCUT2D eigenvalue weighted by molar-refractivity contribution is 7.92. The Morgan fingerprint density at radius 3 is 2.68 bits per heavy atom. The molecule has 1 aliphatic heterocycles. The van der Waals surface area contributed by atoms with Gasteiger partial charge in [0, 0.05) is 12.2 Å². The van der Waals surface area contributed by atoms with Gasteiger partial charge in [0.25, 0.3) is 0 Å². The third-order valence-electron chi connectivity index (χ3n) is 3.24. The summed E-state index contributed by atoms with van der Waals surface area (Å²) in [4.78, 5) is 25.1. The largest absolute Gasteiger partial charge is 0.467 e. The smallest absolute Gasteiger partial charge is 0.333 e. The minimum absolute atomic E-state index is 0.238. The Hall–Kier alpha value is -2.13. The van der Waals surface area contributed by atoms with E-state index in [0.29, 0.717) is 11.3 Å². The van der Waals surface area contributed by atoms with E-state index >= 15 is 0 Å². The Kier molecular flexibility index (Phi) is 4.38. The highest BCUT2D eigenvalue weighted by atomic mass is 32.2. The number of nitrogens with zero attached hydrogens (tertiary/aromatic N) is 1. The molecular weight excluding hydrogens is 310 g/mol. The molecule has 2 unspecified atom stereocenters. The van der Waals surface area contributed by atoms with Crippen LogP contribution in [0.25, 0.3) is 0 Å². The highest BCUT2D eigenvalue weighted by Crippen LogP contribution is 2.29. The first-order chi connectivity index (χ1) is 10.2. The summed E-state index contributed by atoms with van der Waals surface area (Å²) >= 11 is 0. The number of esters is 1. The summed E-state index contributed by atoms with van der Waals surface area (Å²) in [5, 5.41) is 0. The lowest BCUT2D eigenvalue weighted by Gasteiger charge is -2.40. The number of nitrogens with two attached hydrogens (primary N) is 1. The monoisotopic (exact) mass is 327 g/mol. The molecule has 1 aromatic rings.